The molecule has 0 aromatic heterocycles. The average molecular weight is 427 g/mol. The molecule has 5 nitrogen and oxygen atoms in total. The normalized spacial score (nSPS) is 22.8. The fourth-order valence-corrected chi connectivity index (χ4v) is 4.98. The molecule has 2 aromatic rings. The molecule has 166 valence electrons. The number of carbonyl (C=O) groups is 1. The Labute approximate surface area is 183 Å². The molecule has 1 aliphatic carbocycles. The van der Waals surface area contributed by atoms with Gasteiger partial charge in [0.15, 0.2) is 0 Å². The van der Waals surface area contributed by atoms with E-state index in [1.807, 2.05) is 12.1 Å². The largest absolute Gasteiger partial charge is 0.486 e. The van der Waals surface area contributed by atoms with E-state index < -0.39 is 0 Å². The van der Waals surface area contributed by atoms with Crippen LogP contribution in [0.2, 0.25) is 0 Å². The maximum atomic E-state index is 14.3. The fourth-order valence-electron chi connectivity index (χ4n) is 4.98. The van der Waals surface area contributed by atoms with Crippen LogP contribution in [0.5, 0.6) is 5.75 Å². The van der Waals surface area contributed by atoms with Crippen molar-refractivity contribution in [3.8, 4) is 16.9 Å². The number of primary amides is 1. The Hall–Kier alpha value is -2.44. The van der Waals surface area contributed by atoms with Crippen molar-refractivity contribution >= 4 is 6.41 Å². The van der Waals surface area contributed by atoms with Crippen molar-refractivity contribution < 1.29 is 19.0 Å². The van der Waals surface area contributed by atoms with Gasteiger partial charge in [0.2, 0.25) is 6.41 Å². The summed E-state index contributed by atoms with van der Waals surface area (Å²) < 4.78 is 20.8. The number of fused-ring (bicyclic) bond motifs is 1. The lowest BCUT2D eigenvalue weighted by Crippen LogP contribution is -2.45. The number of ether oxygens (including phenoxy) is 1. The standard InChI is InChI=1S/C24H28FNO2.CH3NO/c25-22-15-19(5-4-17(22)9-13-27)18-6-7-23-20(14-18)8-10-24(28-23)11-12-26(16-24)21-2-1-3-21;2-1-3/h4-7,14-15,21,27H,1-3,8-13,16H2;1H,(H2,2,3). The van der Waals surface area contributed by atoms with Crippen LogP contribution in [0.1, 0.15) is 43.2 Å². The number of likely N-dealkylation sites (tertiary alicyclic amines) is 1. The van der Waals surface area contributed by atoms with E-state index in [1.54, 1.807) is 12.1 Å². The number of aryl methyl sites for hydroxylation is 1. The van der Waals surface area contributed by atoms with Crippen LogP contribution < -0.4 is 10.5 Å². The van der Waals surface area contributed by atoms with Crippen molar-refractivity contribution in [2.24, 2.45) is 5.73 Å². The van der Waals surface area contributed by atoms with Crippen LogP contribution in [0, 0.1) is 5.82 Å². The molecular formula is C25H31FN2O3. The number of amides is 1. The zero-order valence-electron chi connectivity index (χ0n) is 17.9. The summed E-state index contributed by atoms with van der Waals surface area (Å²) in [5.41, 5.74) is 7.84. The van der Waals surface area contributed by atoms with Gasteiger partial charge in [-0.2, -0.15) is 0 Å². The highest BCUT2D eigenvalue weighted by Gasteiger charge is 2.45. The van der Waals surface area contributed by atoms with Crippen LogP contribution in [-0.2, 0) is 17.6 Å². The fraction of sp³-hybridized carbons (Fsp3) is 0.480. The quantitative estimate of drug-likeness (QED) is 0.735. The van der Waals surface area contributed by atoms with Crippen LogP contribution in [0.4, 0.5) is 4.39 Å². The van der Waals surface area contributed by atoms with Crippen molar-refractivity contribution in [1.29, 1.82) is 0 Å². The lowest BCUT2D eigenvalue weighted by molar-refractivity contribution is -0.106. The maximum absolute atomic E-state index is 14.3. The molecule has 2 aromatic carbocycles. The summed E-state index contributed by atoms with van der Waals surface area (Å²) >= 11 is 0. The Kier molecular flexibility index (Phi) is 6.58. The molecular weight excluding hydrogens is 395 g/mol. The molecule has 0 bridgehead atoms. The molecule has 5 rings (SSSR count). The van der Waals surface area contributed by atoms with Crippen molar-refractivity contribution in [1.82, 2.24) is 4.90 Å². The third kappa shape index (κ3) is 4.60. The van der Waals surface area contributed by atoms with Gasteiger partial charge in [0, 0.05) is 32.2 Å². The van der Waals surface area contributed by atoms with E-state index in [9.17, 15) is 4.39 Å². The van der Waals surface area contributed by atoms with Crippen molar-refractivity contribution in [2.75, 3.05) is 19.7 Å². The molecule has 2 fully saturated rings. The molecule has 2 heterocycles. The Morgan fingerprint density at radius 2 is 1.94 bits per heavy atom. The number of halogens is 1. The number of benzene rings is 2. The predicted octanol–water partition coefficient (Wildman–Crippen LogP) is 3.45. The number of rotatable bonds is 4. The number of hydrogen-bond acceptors (Lipinski definition) is 4. The Balaban J connectivity index is 0.000000730. The molecule has 31 heavy (non-hydrogen) atoms. The molecule has 2 aliphatic heterocycles. The minimum atomic E-state index is -0.249. The molecule has 1 atom stereocenters. The molecule has 1 saturated carbocycles. The van der Waals surface area contributed by atoms with E-state index in [1.165, 1.54) is 24.8 Å². The Morgan fingerprint density at radius 1 is 1.19 bits per heavy atom. The first-order valence-electron chi connectivity index (χ1n) is 11.2. The summed E-state index contributed by atoms with van der Waals surface area (Å²) in [6, 6.07) is 12.3. The second-order valence-corrected chi connectivity index (χ2v) is 8.83. The number of aliphatic hydroxyl groups is 1. The highest BCUT2D eigenvalue weighted by Crippen LogP contribution is 2.42. The number of nitrogens with zero attached hydrogens (tertiary/aromatic N) is 1. The van der Waals surface area contributed by atoms with Crippen LogP contribution in [0.15, 0.2) is 36.4 Å². The minimum absolute atomic E-state index is 0.0117. The van der Waals surface area contributed by atoms with Gasteiger partial charge in [-0.05, 0) is 72.6 Å². The van der Waals surface area contributed by atoms with E-state index in [0.29, 0.717) is 12.0 Å². The van der Waals surface area contributed by atoms with E-state index in [4.69, 9.17) is 14.6 Å². The summed E-state index contributed by atoms with van der Waals surface area (Å²) in [7, 11) is 0. The summed E-state index contributed by atoms with van der Waals surface area (Å²) in [5, 5.41) is 9.03. The molecule has 0 radical (unpaired) electrons. The summed E-state index contributed by atoms with van der Waals surface area (Å²) in [5.74, 6) is 0.754. The van der Waals surface area contributed by atoms with Crippen molar-refractivity contribution in [3.63, 3.8) is 0 Å². The van der Waals surface area contributed by atoms with Crippen molar-refractivity contribution in [3.05, 3.63) is 53.3 Å². The molecule has 3 aliphatic rings. The first-order chi connectivity index (χ1) is 15.1. The van der Waals surface area contributed by atoms with Gasteiger partial charge in [0.05, 0.1) is 0 Å². The summed E-state index contributed by atoms with van der Waals surface area (Å²) in [6.45, 7) is 2.19. The predicted molar refractivity (Wildman–Crippen MR) is 118 cm³/mol. The molecule has 1 saturated heterocycles. The van der Waals surface area contributed by atoms with Gasteiger partial charge in [0.1, 0.15) is 17.2 Å². The molecule has 6 heteroatoms. The van der Waals surface area contributed by atoms with Crippen LogP contribution in [-0.4, -0.2) is 47.8 Å². The van der Waals surface area contributed by atoms with E-state index in [-0.39, 0.29) is 24.4 Å². The first-order valence-corrected chi connectivity index (χ1v) is 11.2. The second-order valence-electron chi connectivity index (χ2n) is 8.83. The SMILES string of the molecule is NC=O.OCCc1ccc(-c2ccc3c(c2)CCC2(CCN(C4CCC4)C2)O3)cc1F. The third-order valence-corrected chi connectivity index (χ3v) is 6.94. The Bertz CT molecular complexity index is 931. The average Bonchev–Trinajstić information content (AvgIpc) is 3.11. The minimum Gasteiger partial charge on any atom is -0.486 e. The summed E-state index contributed by atoms with van der Waals surface area (Å²) in [4.78, 5) is 11.2. The number of hydrogen-bond donors (Lipinski definition) is 2. The van der Waals surface area contributed by atoms with Gasteiger partial charge in [-0.15, -0.1) is 0 Å². The van der Waals surface area contributed by atoms with Gasteiger partial charge in [-0.25, -0.2) is 4.39 Å². The molecule has 3 N–H and O–H groups in total. The molecule has 1 spiro atoms. The summed E-state index contributed by atoms with van der Waals surface area (Å²) in [6.07, 6.45) is 7.89. The Morgan fingerprint density at radius 3 is 2.61 bits per heavy atom. The highest BCUT2D eigenvalue weighted by molar-refractivity contribution is 5.66. The first kappa shape index (κ1) is 21.8. The van der Waals surface area contributed by atoms with Gasteiger partial charge < -0.3 is 15.6 Å². The number of nitrogens with two attached hydrogens (primary N) is 1. The highest BCUT2D eigenvalue weighted by atomic mass is 19.1. The van der Waals surface area contributed by atoms with Crippen LogP contribution >= 0.6 is 0 Å². The smallest absolute Gasteiger partial charge is 0.204 e. The van der Waals surface area contributed by atoms with E-state index in [0.717, 1.165) is 55.3 Å². The van der Waals surface area contributed by atoms with Crippen molar-refractivity contribution in [2.45, 2.75) is 56.6 Å². The van der Waals surface area contributed by atoms with E-state index >= 15 is 0 Å². The second kappa shape index (κ2) is 9.37. The van der Waals surface area contributed by atoms with E-state index in [2.05, 4.69) is 22.8 Å². The molecule has 1 amide bonds. The zero-order valence-corrected chi connectivity index (χ0v) is 17.9. The van der Waals surface area contributed by atoms with Crippen LogP contribution in [0.25, 0.3) is 11.1 Å². The van der Waals surface area contributed by atoms with Gasteiger partial charge in [-0.3, -0.25) is 9.69 Å². The van der Waals surface area contributed by atoms with Gasteiger partial charge in [0.25, 0.3) is 0 Å². The molecule has 1 unspecified atom stereocenters. The van der Waals surface area contributed by atoms with Crippen LogP contribution in [0.3, 0.4) is 0 Å². The third-order valence-electron chi connectivity index (χ3n) is 6.94. The number of carbonyl (C=O) groups excluding carboxylic acids is 1. The lowest BCUT2D eigenvalue weighted by Gasteiger charge is -2.39. The topological polar surface area (TPSA) is 75.8 Å². The number of aliphatic hydroxyl groups excluding tert-OH is 1. The zero-order chi connectivity index (χ0) is 21.8. The monoisotopic (exact) mass is 426 g/mol. The van der Waals surface area contributed by atoms with Gasteiger partial charge >= 0.3 is 0 Å². The van der Waals surface area contributed by atoms with Gasteiger partial charge in [-0.1, -0.05) is 24.6 Å². The maximum Gasteiger partial charge on any atom is 0.204 e. The lowest BCUT2D eigenvalue weighted by atomic mass is 9.88.